The average Bonchev–Trinajstić information content (AvgIpc) is 3.14. The van der Waals surface area contributed by atoms with Crippen LogP contribution >= 0.6 is 31.9 Å². The molecular weight excluding hydrogens is 492 g/mol. The van der Waals surface area contributed by atoms with Crippen molar-refractivity contribution in [2.75, 3.05) is 0 Å². The van der Waals surface area contributed by atoms with Crippen LogP contribution in [-0.2, 0) is 0 Å². The molecule has 5 heteroatoms. The Morgan fingerprint density at radius 1 is 1.07 bits per heavy atom. The van der Waals surface area contributed by atoms with Gasteiger partial charge in [-0.15, -0.1) is 0 Å². The Morgan fingerprint density at radius 2 is 1.86 bits per heavy atom. The zero-order valence-electron chi connectivity index (χ0n) is 16.4. The van der Waals surface area contributed by atoms with Gasteiger partial charge in [-0.1, -0.05) is 66.2 Å². The van der Waals surface area contributed by atoms with Crippen LogP contribution < -0.4 is 4.74 Å². The monoisotopic (exact) mass is 512 g/mol. The van der Waals surface area contributed by atoms with E-state index in [1.165, 1.54) is 21.9 Å². The summed E-state index contributed by atoms with van der Waals surface area (Å²) in [6, 6.07) is 19.5. The molecule has 0 bridgehead atoms. The molecule has 3 aromatic rings. The molecule has 0 aromatic heterocycles. The number of nitrogens with zero attached hydrogens (tertiary/aromatic N) is 2. The quantitative estimate of drug-likeness (QED) is 0.367. The van der Waals surface area contributed by atoms with E-state index in [1.54, 1.807) is 0 Å². The summed E-state index contributed by atoms with van der Waals surface area (Å²) in [7, 11) is 0. The first-order valence-corrected chi connectivity index (χ1v) is 11.6. The van der Waals surface area contributed by atoms with E-state index in [0.29, 0.717) is 5.92 Å². The fraction of sp³-hybridized carbons (Fsp3) is 0.292. The molecule has 0 amide bonds. The summed E-state index contributed by atoms with van der Waals surface area (Å²) in [6.45, 7) is 4.46. The Morgan fingerprint density at radius 3 is 2.66 bits per heavy atom. The number of ether oxygens (including phenoxy) is 1. The molecular formula is C24H22Br2N2O. The maximum absolute atomic E-state index is 6.45. The highest BCUT2D eigenvalue weighted by atomic mass is 79.9. The molecule has 2 aliphatic heterocycles. The van der Waals surface area contributed by atoms with Gasteiger partial charge in [-0.05, 0) is 56.4 Å². The first-order valence-electron chi connectivity index (χ1n) is 10.00. The fourth-order valence-corrected chi connectivity index (χ4v) is 5.64. The van der Waals surface area contributed by atoms with Crippen LogP contribution in [0.4, 0.5) is 0 Å². The van der Waals surface area contributed by atoms with Gasteiger partial charge in [0.1, 0.15) is 5.75 Å². The van der Waals surface area contributed by atoms with Gasteiger partial charge in [0.05, 0.1) is 16.2 Å². The van der Waals surface area contributed by atoms with Crippen molar-refractivity contribution in [1.82, 2.24) is 5.01 Å². The Labute approximate surface area is 188 Å². The van der Waals surface area contributed by atoms with Gasteiger partial charge in [0, 0.05) is 22.9 Å². The Balaban J connectivity index is 1.57. The van der Waals surface area contributed by atoms with Crippen molar-refractivity contribution in [2.45, 2.75) is 39.0 Å². The minimum Gasteiger partial charge on any atom is -0.467 e. The molecule has 0 saturated carbocycles. The van der Waals surface area contributed by atoms with Gasteiger partial charge < -0.3 is 4.74 Å². The van der Waals surface area contributed by atoms with Crippen LogP contribution in [0.5, 0.6) is 5.75 Å². The van der Waals surface area contributed by atoms with Crippen molar-refractivity contribution >= 4 is 48.3 Å². The second-order valence-corrected chi connectivity index (χ2v) is 9.99. The molecule has 148 valence electrons. The number of hydrazone groups is 1. The fourth-order valence-electron chi connectivity index (χ4n) is 4.29. The van der Waals surface area contributed by atoms with E-state index in [9.17, 15) is 0 Å². The molecule has 2 aliphatic rings. The van der Waals surface area contributed by atoms with E-state index < -0.39 is 0 Å². The van der Waals surface area contributed by atoms with E-state index in [4.69, 9.17) is 9.84 Å². The smallest absolute Gasteiger partial charge is 0.188 e. The highest BCUT2D eigenvalue weighted by Crippen LogP contribution is 2.48. The third-order valence-electron chi connectivity index (χ3n) is 5.64. The van der Waals surface area contributed by atoms with Crippen molar-refractivity contribution in [3.05, 3.63) is 74.7 Å². The molecule has 3 aromatic carbocycles. The van der Waals surface area contributed by atoms with Gasteiger partial charge >= 0.3 is 0 Å². The lowest BCUT2D eigenvalue weighted by molar-refractivity contribution is -0.0297. The minimum absolute atomic E-state index is 0.0528. The summed E-state index contributed by atoms with van der Waals surface area (Å²) in [5.41, 5.74) is 3.50. The molecule has 0 unspecified atom stereocenters. The molecule has 0 saturated heterocycles. The van der Waals surface area contributed by atoms with Gasteiger partial charge in [-0.25, -0.2) is 0 Å². The van der Waals surface area contributed by atoms with Crippen LogP contribution in [-0.4, -0.2) is 16.9 Å². The molecule has 29 heavy (non-hydrogen) atoms. The van der Waals surface area contributed by atoms with Crippen molar-refractivity contribution in [2.24, 2.45) is 11.0 Å². The van der Waals surface area contributed by atoms with Crippen molar-refractivity contribution < 1.29 is 4.74 Å². The van der Waals surface area contributed by atoms with Crippen LogP contribution in [0.25, 0.3) is 10.8 Å². The van der Waals surface area contributed by atoms with E-state index >= 15 is 0 Å². The van der Waals surface area contributed by atoms with Crippen LogP contribution in [0.3, 0.4) is 0 Å². The number of hydrogen-bond acceptors (Lipinski definition) is 3. The minimum atomic E-state index is -0.0528. The molecule has 2 heterocycles. The highest BCUT2D eigenvalue weighted by molar-refractivity contribution is 9.11. The van der Waals surface area contributed by atoms with Crippen LogP contribution in [0, 0.1) is 5.92 Å². The number of rotatable bonds is 3. The molecule has 0 aliphatic carbocycles. The van der Waals surface area contributed by atoms with Crippen molar-refractivity contribution in [1.29, 1.82) is 0 Å². The molecule has 5 rings (SSSR count). The van der Waals surface area contributed by atoms with Crippen LogP contribution in [0.1, 0.15) is 43.9 Å². The summed E-state index contributed by atoms with van der Waals surface area (Å²) in [5.74, 6) is 1.48. The second kappa shape index (κ2) is 7.44. The maximum atomic E-state index is 6.45. The summed E-state index contributed by atoms with van der Waals surface area (Å²) in [5, 5.41) is 9.77. The molecule has 3 nitrogen and oxygen atoms in total. The summed E-state index contributed by atoms with van der Waals surface area (Å²) >= 11 is 7.34. The first kappa shape index (κ1) is 19.1. The zero-order chi connectivity index (χ0) is 20.1. The molecule has 2 atom stereocenters. The van der Waals surface area contributed by atoms with Gasteiger partial charge in [0.25, 0.3) is 0 Å². The lowest BCUT2D eigenvalue weighted by Crippen LogP contribution is -2.41. The Kier molecular flexibility index (Phi) is 4.91. The number of halogens is 2. The third-order valence-corrected chi connectivity index (χ3v) is 6.69. The Bertz CT molecular complexity index is 1130. The van der Waals surface area contributed by atoms with E-state index in [2.05, 4.69) is 105 Å². The number of hydrogen-bond donors (Lipinski definition) is 0. The molecule has 0 fully saturated rings. The lowest BCUT2D eigenvalue weighted by Gasteiger charge is -2.39. The normalized spacial score (nSPS) is 20.4. The van der Waals surface area contributed by atoms with Crippen molar-refractivity contribution in [3.63, 3.8) is 0 Å². The topological polar surface area (TPSA) is 24.8 Å². The highest BCUT2D eigenvalue weighted by Gasteiger charge is 2.41. The summed E-state index contributed by atoms with van der Waals surface area (Å²) in [4.78, 5) is 0. The van der Waals surface area contributed by atoms with Gasteiger partial charge in [0.15, 0.2) is 6.23 Å². The first-order chi connectivity index (χ1) is 14.0. The summed E-state index contributed by atoms with van der Waals surface area (Å²) < 4.78 is 8.49. The predicted octanol–water partition coefficient (Wildman–Crippen LogP) is 7.28. The lowest BCUT2D eigenvalue weighted by atomic mass is 9.95. The second-order valence-electron chi connectivity index (χ2n) is 8.22. The van der Waals surface area contributed by atoms with E-state index in [0.717, 1.165) is 33.2 Å². The maximum Gasteiger partial charge on any atom is 0.188 e. The van der Waals surface area contributed by atoms with Crippen LogP contribution in [0.15, 0.2) is 68.6 Å². The average molecular weight is 514 g/mol. The van der Waals surface area contributed by atoms with Gasteiger partial charge in [0.2, 0.25) is 0 Å². The van der Waals surface area contributed by atoms with E-state index in [1.807, 2.05) is 0 Å². The van der Waals surface area contributed by atoms with Crippen molar-refractivity contribution in [3.8, 4) is 5.75 Å². The zero-order valence-corrected chi connectivity index (χ0v) is 19.6. The molecule has 0 radical (unpaired) electrons. The van der Waals surface area contributed by atoms with E-state index in [-0.39, 0.29) is 12.3 Å². The standard InChI is InChI=1S/C24H22Br2N2O/c1-14(2)9-23-28-22(19-11-18(25)12-20(26)24(19)29-23)13-21(27-28)17-8-7-15-5-3-4-6-16(15)10-17/h3-8,10-12,14,22-23H,9,13H2,1-2H3/t22-,23-/m1/s1. The predicted molar refractivity (Wildman–Crippen MR) is 125 cm³/mol. The summed E-state index contributed by atoms with van der Waals surface area (Å²) in [6.07, 6.45) is 1.77. The van der Waals surface area contributed by atoms with Gasteiger partial charge in [-0.3, -0.25) is 5.01 Å². The SMILES string of the molecule is CC(C)C[C@H]1Oc2c(Br)cc(Br)cc2[C@H]2CC(c3ccc4ccccc4c3)=NN21. The molecule has 0 N–H and O–H groups in total. The Hall–Kier alpha value is -1.85. The van der Waals surface area contributed by atoms with Gasteiger partial charge in [-0.2, -0.15) is 5.10 Å². The largest absolute Gasteiger partial charge is 0.467 e. The van der Waals surface area contributed by atoms with Crippen LogP contribution in [0.2, 0.25) is 0 Å². The molecule has 0 spiro atoms. The third kappa shape index (κ3) is 3.49. The number of benzene rings is 3. The number of fused-ring (bicyclic) bond motifs is 4.